The molecule has 128 valence electrons. The molecule has 1 aliphatic carbocycles. The average Bonchev–Trinajstić information content (AvgIpc) is 3.29. The van der Waals surface area contributed by atoms with E-state index in [1.165, 1.54) is 6.26 Å². The molecule has 0 fully saturated rings. The largest absolute Gasteiger partial charge is 0.511 e. The fraction of sp³-hybridized carbons (Fsp3) is 0.143. The second-order valence-corrected chi connectivity index (χ2v) is 5.58. The Morgan fingerprint density at radius 2 is 1.84 bits per heavy atom. The van der Waals surface area contributed by atoms with Gasteiger partial charge in [-0.2, -0.15) is 0 Å². The third-order valence-electron chi connectivity index (χ3n) is 4.07. The molecule has 0 aliphatic heterocycles. The normalized spacial score (nSPS) is 15.9. The van der Waals surface area contributed by atoms with Gasteiger partial charge in [-0.3, -0.25) is 0 Å². The number of aliphatic hydroxyl groups is 1. The third-order valence-corrected chi connectivity index (χ3v) is 4.07. The van der Waals surface area contributed by atoms with Crippen molar-refractivity contribution in [2.75, 3.05) is 0 Å². The van der Waals surface area contributed by atoms with Gasteiger partial charge in [0, 0.05) is 17.6 Å². The SMILES string of the molecule is C=COC1=C(c2ccco2)C(/C=C\C)=C(O)CC(c2ccco2)=C1C. The summed E-state index contributed by atoms with van der Waals surface area (Å²) >= 11 is 0. The molecule has 0 amide bonds. The molecule has 3 rings (SSSR count). The first kappa shape index (κ1) is 16.7. The van der Waals surface area contributed by atoms with Gasteiger partial charge in [-0.15, -0.1) is 0 Å². The maximum atomic E-state index is 10.8. The summed E-state index contributed by atoms with van der Waals surface area (Å²) in [6.45, 7) is 7.52. The Kier molecular flexibility index (Phi) is 4.80. The Bertz CT molecular complexity index is 872. The van der Waals surface area contributed by atoms with Crippen molar-refractivity contribution in [1.82, 2.24) is 0 Å². The van der Waals surface area contributed by atoms with Gasteiger partial charge in [0.2, 0.25) is 0 Å². The molecule has 4 nitrogen and oxygen atoms in total. The number of aliphatic hydroxyl groups excluding tert-OH is 1. The van der Waals surface area contributed by atoms with Crippen LogP contribution in [0.5, 0.6) is 0 Å². The predicted octanol–water partition coefficient (Wildman–Crippen LogP) is 6.01. The quantitative estimate of drug-likeness (QED) is 0.679. The van der Waals surface area contributed by atoms with Crippen molar-refractivity contribution in [2.45, 2.75) is 20.3 Å². The maximum absolute atomic E-state index is 10.8. The van der Waals surface area contributed by atoms with Crippen LogP contribution in [0.4, 0.5) is 0 Å². The predicted molar refractivity (Wildman–Crippen MR) is 97.3 cm³/mol. The van der Waals surface area contributed by atoms with E-state index in [-0.39, 0.29) is 5.76 Å². The van der Waals surface area contributed by atoms with Crippen molar-refractivity contribution in [3.63, 3.8) is 0 Å². The Labute approximate surface area is 146 Å². The van der Waals surface area contributed by atoms with Crippen molar-refractivity contribution < 1.29 is 18.7 Å². The molecule has 0 radical (unpaired) electrons. The first-order chi connectivity index (χ1) is 12.2. The summed E-state index contributed by atoms with van der Waals surface area (Å²) in [5.74, 6) is 2.10. The summed E-state index contributed by atoms with van der Waals surface area (Å²) in [6, 6.07) is 7.32. The molecule has 0 bridgehead atoms. The lowest BCUT2D eigenvalue weighted by Crippen LogP contribution is -1.98. The molecule has 1 aliphatic rings. The zero-order chi connectivity index (χ0) is 17.8. The van der Waals surface area contributed by atoms with Gasteiger partial charge >= 0.3 is 0 Å². The van der Waals surface area contributed by atoms with E-state index in [0.717, 1.165) is 11.1 Å². The van der Waals surface area contributed by atoms with Crippen LogP contribution < -0.4 is 0 Å². The molecule has 0 unspecified atom stereocenters. The minimum atomic E-state index is 0.220. The fourth-order valence-electron chi connectivity index (χ4n) is 2.95. The van der Waals surface area contributed by atoms with E-state index < -0.39 is 0 Å². The molecule has 25 heavy (non-hydrogen) atoms. The van der Waals surface area contributed by atoms with Gasteiger partial charge in [0.15, 0.2) is 0 Å². The van der Waals surface area contributed by atoms with Gasteiger partial charge < -0.3 is 18.7 Å². The van der Waals surface area contributed by atoms with Crippen LogP contribution in [-0.2, 0) is 4.74 Å². The molecule has 0 spiro atoms. The summed E-state index contributed by atoms with van der Waals surface area (Å²) in [6.07, 6.45) is 8.62. The zero-order valence-corrected chi connectivity index (χ0v) is 14.3. The number of hydrogen-bond donors (Lipinski definition) is 1. The molecule has 4 heteroatoms. The lowest BCUT2D eigenvalue weighted by molar-refractivity contribution is 0.364. The molecular weight excluding hydrogens is 316 g/mol. The van der Waals surface area contributed by atoms with Gasteiger partial charge in [-0.05, 0) is 43.7 Å². The second-order valence-electron chi connectivity index (χ2n) is 5.58. The van der Waals surface area contributed by atoms with E-state index in [9.17, 15) is 5.11 Å². The Balaban J connectivity index is 2.35. The Morgan fingerprint density at radius 1 is 1.16 bits per heavy atom. The van der Waals surface area contributed by atoms with Crippen molar-refractivity contribution in [1.29, 1.82) is 0 Å². The number of ether oxygens (including phenoxy) is 1. The molecule has 2 heterocycles. The van der Waals surface area contributed by atoms with Gasteiger partial charge in [-0.25, -0.2) is 0 Å². The first-order valence-corrected chi connectivity index (χ1v) is 8.02. The lowest BCUT2D eigenvalue weighted by Gasteiger charge is -2.14. The van der Waals surface area contributed by atoms with Gasteiger partial charge in [0.05, 0.1) is 24.4 Å². The van der Waals surface area contributed by atoms with E-state index in [4.69, 9.17) is 13.6 Å². The standard InChI is InChI=1S/C21H20O4/c1-4-8-15-17(22)13-16(18-9-6-11-24-18)14(3)21(23-5-2)20(15)19-10-7-12-25-19/h4-12,22H,2,13H2,1,3H3/b8-4-. The maximum Gasteiger partial charge on any atom is 0.141 e. The summed E-state index contributed by atoms with van der Waals surface area (Å²) in [5.41, 5.74) is 3.03. The summed E-state index contributed by atoms with van der Waals surface area (Å²) in [5, 5.41) is 10.8. The average molecular weight is 336 g/mol. The summed E-state index contributed by atoms with van der Waals surface area (Å²) < 4.78 is 16.9. The number of rotatable bonds is 5. The number of allylic oxidation sites excluding steroid dienone is 6. The summed E-state index contributed by atoms with van der Waals surface area (Å²) in [7, 11) is 0. The van der Waals surface area contributed by atoms with Crippen molar-refractivity contribution in [2.24, 2.45) is 0 Å². The number of hydrogen-bond acceptors (Lipinski definition) is 4. The van der Waals surface area contributed by atoms with E-state index in [2.05, 4.69) is 6.58 Å². The van der Waals surface area contributed by atoms with Crippen LogP contribution in [-0.4, -0.2) is 5.11 Å². The van der Waals surface area contributed by atoms with Gasteiger partial charge in [0.25, 0.3) is 0 Å². The molecule has 0 saturated carbocycles. The number of furan rings is 2. The minimum absolute atomic E-state index is 0.220. The van der Waals surface area contributed by atoms with Crippen LogP contribution in [0.25, 0.3) is 11.1 Å². The van der Waals surface area contributed by atoms with Crippen molar-refractivity contribution >= 4 is 11.1 Å². The van der Waals surface area contributed by atoms with E-state index in [1.807, 2.05) is 44.2 Å². The van der Waals surface area contributed by atoms with Crippen LogP contribution in [0.3, 0.4) is 0 Å². The highest BCUT2D eigenvalue weighted by Gasteiger charge is 2.27. The van der Waals surface area contributed by atoms with Crippen LogP contribution in [0, 0.1) is 0 Å². The van der Waals surface area contributed by atoms with Crippen LogP contribution in [0.1, 0.15) is 31.8 Å². The van der Waals surface area contributed by atoms with Crippen LogP contribution in [0.2, 0.25) is 0 Å². The molecule has 1 N–H and O–H groups in total. The Hall–Kier alpha value is -3.14. The smallest absolute Gasteiger partial charge is 0.141 e. The minimum Gasteiger partial charge on any atom is -0.511 e. The van der Waals surface area contributed by atoms with Crippen LogP contribution in [0.15, 0.2) is 93.3 Å². The molecule has 0 saturated heterocycles. The zero-order valence-electron chi connectivity index (χ0n) is 14.3. The molecule has 0 atom stereocenters. The van der Waals surface area contributed by atoms with Gasteiger partial charge in [-0.1, -0.05) is 18.7 Å². The third kappa shape index (κ3) is 3.11. The van der Waals surface area contributed by atoms with E-state index in [0.29, 0.717) is 34.8 Å². The lowest BCUT2D eigenvalue weighted by atomic mass is 9.99. The molecule has 2 aromatic heterocycles. The highest BCUT2D eigenvalue weighted by molar-refractivity contribution is 5.88. The Morgan fingerprint density at radius 3 is 2.40 bits per heavy atom. The first-order valence-electron chi connectivity index (χ1n) is 8.02. The fourth-order valence-corrected chi connectivity index (χ4v) is 2.95. The highest BCUT2D eigenvalue weighted by atomic mass is 16.5. The monoisotopic (exact) mass is 336 g/mol. The second kappa shape index (κ2) is 7.18. The van der Waals surface area contributed by atoms with E-state index >= 15 is 0 Å². The van der Waals surface area contributed by atoms with Gasteiger partial charge in [0.1, 0.15) is 23.0 Å². The highest BCUT2D eigenvalue weighted by Crippen LogP contribution is 2.42. The van der Waals surface area contributed by atoms with Crippen molar-refractivity contribution in [3.8, 4) is 0 Å². The summed E-state index contributed by atoms with van der Waals surface area (Å²) in [4.78, 5) is 0. The topological polar surface area (TPSA) is 55.7 Å². The molecule has 0 aromatic carbocycles. The molecular formula is C21H20O4. The van der Waals surface area contributed by atoms with E-state index in [1.54, 1.807) is 18.6 Å². The molecule has 2 aromatic rings. The van der Waals surface area contributed by atoms with Crippen molar-refractivity contribution in [3.05, 3.63) is 96.0 Å². The van der Waals surface area contributed by atoms with Crippen LogP contribution >= 0.6 is 0 Å².